The zero-order chi connectivity index (χ0) is 5.11. The lowest BCUT2D eigenvalue weighted by Gasteiger charge is -1.72. The Morgan fingerprint density at radius 3 is 2.86 bits per heavy atom. The first-order valence-electron chi connectivity index (χ1n) is 1.86. The average Bonchev–Trinajstić information content (AvgIpc) is 2.14. The molecule has 1 aromatic rings. The number of nitrogens with zero attached hydrogens (tertiary/aromatic N) is 3. The third-order valence-corrected chi connectivity index (χ3v) is 0.572. The van der Waals surface area contributed by atoms with Gasteiger partial charge in [-0.15, -0.1) is 10.2 Å². The number of tetrazole rings is 1. The smallest absolute Gasteiger partial charge is 0.174 e. The van der Waals surface area contributed by atoms with Crippen LogP contribution in [-0.4, -0.2) is 20.6 Å². The molecule has 0 amide bonds. The zero-order valence-electron chi connectivity index (χ0n) is 3.63. The second-order valence-electron chi connectivity index (χ2n) is 1.03. The van der Waals surface area contributed by atoms with Crippen molar-refractivity contribution in [3.63, 3.8) is 0 Å². The summed E-state index contributed by atoms with van der Waals surface area (Å²) in [5.74, 6) is 0.542. The maximum Gasteiger partial charge on any atom is 0.174 e. The summed E-state index contributed by atoms with van der Waals surface area (Å²) in [6.45, 7) is 5.11. The van der Waals surface area contributed by atoms with Gasteiger partial charge in [0.1, 0.15) is 0 Å². The van der Waals surface area contributed by atoms with E-state index in [1.165, 1.54) is 0 Å². The molecule has 0 spiro atoms. The number of nitrogens with one attached hydrogen (secondary N) is 1. The number of hydrogen-bond donors (Lipinski definition) is 1. The molecule has 1 rings (SSSR count). The first kappa shape index (κ1) is 4.23. The van der Waals surface area contributed by atoms with Crippen LogP contribution in [0.1, 0.15) is 5.82 Å². The largest absolute Gasteiger partial charge is 0.177 e. The number of H-pyrrole nitrogens is 1. The van der Waals surface area contributed by atoms with Crippen molar-refractivity contribution in [3.05, 3.63) is 12.7 Å². The van der Waals surface area contributed by atoms with Crippen molar-refractivity contribution >= 4 is 0 Å². The molecule has 7 heavy (non-hydrogen) atoms. The minimum Gasteiger partial charge on any atom is -0.177 e. The van der Waals surface area contributed by atoms with E-state index in [0.717, 1.165) is 0 Å². The Bertz CT molecular complexity index is 121. The molecule has 0 aliphatic carbocycles. The van der Waals surface area contributed by atoms with E-state index in [9.17, 15) is 0 Å². The highest BCUT2D eigenvalue weighted by atomic mass is 15.5. The maximum atomic E-state index is 5.11. The van der Waals surface area contributed by atoms with Crippen molar-refractivity contribution in [1.82, 2.24) is 20.6 Å². The highest BCUT2D eigenvalue weighted by molar-refractivity contribution is 4.75. The molecule has 0 bridgehead atoms. The molecule has 4 nitrogen and oxygen atoms in total. The van der Waals surface area contributed by atoms with E-state index >= 15 is 0 Å². The molecule has 0 aliphatic rings. The number of hydrogen-bond acceptors (Lipinski definition) is 3. The Morgan fingerprint density at radius 1 is 1.71 bits per heavy atom. The molecule has 2 radical (unpaired) electrons. The minimum absolute atomic E-state index is 0.344. The fraction of sp³-hybridized carbons (Fsp3) is 0.333. The van der Waals surface area contributed by atoms with Gasteiger partial charge in [-0.05, 0) is 6.92 Å². The molecule has 0 fully saturated rings. The van der Waals surface area contributed by atoms with Gasteiger partial charge >= 0.3 is 0 Å². The molecule has 0 atom stereocenters. The van der Waals surface area contributed by atoms with Gasteiger partial charge in [-0.2, -0.15) is 5.21 Å². The van der Waals surface area contributed by atoms with E-state index in [0.29, 0.717) is 12.2 Å². The van der Waals surface area contributed by atoms with E-state index in [-0.39, 0.29) is 0 Å². The summed E-state index contributed by atoms with van der Waals surface area (Å²) in [7, 11) is 0. The van der Waals surface area contributed by atoms with E-state index in [1.54, 1.807) is 0 Å². The molecule has 36 valence electrons. The summed E-state index contributed by atoms with van der Waals surface area (Å²) in [6, 6.07) is 0. The van der Waals surface area contributed by atoms with Gasteiger partial charge in [0, 0.05) is 6.42 Å². The van der Waals surface area contributed by atoms with E-state index in [4.69, 9.17) is 6.92 Å². The Morgan fingerprint density at radius 2 is 2.57 bits per heavy atom. The van der Waals surface area contributed by atoms with Gasteiger partial charge in [-0.25, -0.2) is 0 Å². The van der Waals surface area contributed by atoms with Crippen LogP contribution >= 0.6 is 0 Å². The van der Waals surface area contributed by atoms with Gasteiger partial charge in [-0.3, -0.25) is 0 Å². The van der Waals surface area contributed by atoms with Crippen LogP contribution in [0.5, 0.6) is 0 Å². The summed E-state index contributed by atoms with van der Waals surface area (Å²) in [5, 5.41) is 12.7. The van der Waals surface area contributed by atoms with Crippen molar-refractivity contribution < 1.29 is 0 Å². The molecule has 0 aliphatic heterocycles. The quantitative estimate of drug-likeness (QED) is 0.510. The molecule has 0 saturated carbocycles. The third kappa shape index (κ3) is 0.734. The van der Waals surface area contributed by atoms with Crippen molar-refractivity contribution in [1.29, 1.82) is 0 Å². The number of aromatic nitrogens is 4. The van der Waals surface area contributed by atoms with Crippen LogP contribution in [0.2, 0.25) is 0 Å². The van der Waals surface area contributed by atoms with E-state index < -0.39 is 0 Å². The second kappa shape index (κ2) is 1.68. The summed E-state index contributed by atoms with van der Waals surface area (Å²) in [5.41, 5.74) is 0. The van der Waals surface area contributed by atoms with Crippen LogP contribution in [-0.2, 0) is 6.42 Å². The highest BCUT2D eigenvalue weighted by Gasteiger charge is 1.87. The van der Waals surface area contributed by atoms with E-state index in [1.807, 2.05) is 0 Å². The van der Waals surface area contributed by atoms with Crippen molar-refractivity contribution in [3.8, 4) is 0 Å². The number of aromatic amines is 1. The Hall–Kier alpha value is -0.930. The summed E-state index contributed by atoms with van der Waals surface area (Å²) >= 11 is 0. The van der Waals surface area contributed by atoms with Crippen LogP contribution in [0, 0.1) is 6.92 Å². The van der Waals surface area contributed by atoms with Crippen LogP contribution in [0.4, 0.5) is 0 Å². The lowest BCUT2D eigenvalue weighted by Crippen LogP contribution is -1.80. The normalized spacial score (nSPS) is 9.29. The van der Waals surface area contributed by atoms with E-state index in [2.05, 4.69) is 20.6 Å². The predicted molar refractivity (Wildman–Crippen MR) is 22.2 cm³/mol. The first-order valence-corrected chi connectivity index (χ1v) is 1.86. The first-order chi connectivity index (χ1) is 3.43. The maximum absolute atomic E-state index is 5.11. The molecule has 1 aromatic heterocycles. The van der Waals surface area contributed by atoms with Crippen LogP contribution < -0.4 is 0 Å². The Labute approximate surface area is 40.9 Å². The van der Waals surface area contributed by atoms with Gasteiger partial charge in [0.15, 0.2) is 5.82 Å². The lowest BCUT2D eigenvalue weighted by molar-refractivity contribution is 0.881. The summed E-state index contributed by atoms with van der Waals surface area (Å²) < 4.78 is 0. The molecule has 1 N–H and O–H groups in total. The lowest BCUT2D eigenvalue weighted by atomic mass is 10.5. The average molecular weight is 96.1 g/mol. The highest BCUT2D eigenvalue weighted by Crippen LogP contribution is 1.78. The SMILES string of the molecule is [CH]Cc1nn[nH]n1. The van der Waals surface area contributed by atoms with Gasteiger partial charge in [-0.1, -0.05) is 5.21 Å². The van der Waals surface area contributed by atoms with Crippen molar-refractivity contribution in [2.75, 3.05) is 0 Å². The fourth-order valence-electron chi connectivity index (χ4n) is 0.269. The van der Waals surface area contributed by atoms with Gasteiger partial charge in [0.05, 0.1) is 0 Å². The zero-order valence-corrected chi connectivity index (χ0v) is 3.63. The second-order valence-corrected chi connectivity index (χ2v) is 1.03. The fourth-order valence-corrected chi connectivity index (χ4v) is 0.269. The number of rotatable bonds is 1. The summed E-state index contributed by atoms with van der Waals surface area (Å²) in [6.07, 6.45) is 0.344. The topological polar surface area (TPSA) is 54.5 Å². The molecule has 0 aromatic carbocycles. The molecule has 4 heteroatoms. The molecule has 0 unspecified atom stereocenters. The van der Waals surface area contributed by atoms with Crippen LogP contribution in [0.3, 0.4) is 0 Å². The Kier molecular flexibility index (Phi) is 1.02. The molecular weight excluding hydrogens is 92.1 g/mol. The third-order valence-electron chi connectivity index (χ3n) is 0.572. The molecule has 1 heterocycles. The van der Waals surface area contributed by atoms with Crippen molar-refractivity contribution in [2.45, 2.75) is 6.42 Å². The predicted octanol–water partition coefficient (Wildman–Crippen LogP) is -0.547. The molecular formula is C3H4N4. The standard InChI is InChI=1S/C3H4N4/c1-2-3-4-6-7-5-3/h1H,2H2,(H,4,5,6,7). The Balaban J connectivity index is 2.76. The monoisotopic (exact) mass is 96.0 g/mol. The van der Waals surface area contributed by atoms with Gasteiger partial charge < -0.3 is 0 Å². The van der Waals surface area contributed by atoms with Crippen LogP contribution in [0.15, 0.2) is 0 Å². The minimum atomic E-state index is 0.344. The van der Waals surface area contributed by atoms with Crippen LogP contribution in [0.25, 0.3) is 0 Å². The molecule has 0 saturated heterocycles. The summed E-state index contributed by atoms with van der Waals surface area (Å²) in [4.78, 5) is 0. The van der Waals surface area contributed by atoms with Crippen molar-refractivity contribution in [2.24, 2.45) is 0 Å². The van der Waals surface area contributed by atoms with Gasteiger partial charge in [0.2, 0.25) is 0 Å². The van der Waals surface area contributed by atoms with Gasteiger partial charge in [0.25, 0.3) is 0 Å².